The summed E-state index contributed by atoms with van der Waals surface area (Å²) in [5.41, 5.74) is 4.74. The van der Waals surface area contributed by atoms with Gasteiger partial charge in [0.25, 0.3) is 0 Å². The van der Waals surface area contributed by atoms with Crippen molar-refractivity contribution in [1.29, 1.82) is 0 Å². The molecule has 0 atom stereocenters. The van der Waals surface area contributed by atoms with E-state index in [2.05, 4.69) is 15.5 Å². The standard InChI is InChI=1S/C18H14ClF2N3OS/c1-11-10-26-18(23-11)24-22-8-13-6-14(19)2-3-17(13)25-9-12-4-15(20)7-16(21)5-12/h2-8,10H,9H2,1H3,(H,23,24). The molecule has 1 aromatic heterocycles. The van der Waals surface area contributed by atoms with Crippen LogP contribution in [0.4, 0.5) is 13.9 Å². The molecule has 0 bridgehead atoms. The predicted octanol–water partition coefficient (Wildman–Crippen LogP) is 5.41. The number of halogens is 3. The van der Waals surface area contributed by atoms with E-state index in [9.17, 15) is 8.78 Å². The predicted molar refractivity (Wildman–Crippen MR) is 100 cm³/mol. The van der Waals surface area contributed by atoms with Gasteiger partial charge in [-0.2, -0.15) is 5.10 Å². The van der Waals surface area contributed by atoms with E-state index in [0.717, 1.165) is 11.8 Å². The van der Waals surface area contributed by atoms with Crippen LogP contribution in [0.25, 0.3) is 0 Å². The van der Waals surface area contributed by atoms with E-state index in [0.29, 0.717) is 27.0 Å². The van der Waals surface area contributed by atoms with Gasteiger partial charge in [0.1, 0.15) is 24.0 Å². The van der Waals surface area contributed by atoms with Gasteiger partial charge < -0.3 is 4.74 Å². The smallest absolute Gasteiger partial charge is 0.203 e. The topological polar surface area (TPSA) is 46.5 Å². The molecule has 3 aromatic rings. The van der Waals surface area contributed by atoms with Crippen molar-refractivity contribution in [3.05, 3.63) is 75.3 Å². The van der Waals surface area contributed by atoms with Crippen molar-refractivity contribution in [2.24, 2.45) is 5.10 Å². The Kier molecular flexibility index (Phi) is 5.80. The second-order valence-corrected chi connectivity index (χ2v) is 6.71. The molecule has 0 saturated carbocycles. The van der Waals surface area contributed by atoms with Gasteiger partial charge in [-0.25, -0.2) is 13.8 Å². The molecule has 4 nitrogen and oxygen atoms in total. The molecule has 134 valence electrons. The zero-order valence-electron chi connectivity index (χ0n) is 13.7. The minimum absolute atomic E-state index is 0.0102. The lowest BCUT2D eigenvalue weighted by molar-refractivity contribution is 0.304. The normalized spacial score (nSPS) is 11.1. The SMILES string of the molecule is Cc1csc(NN=Cc2cc(Cl)ccc2OCc2cc(F)cc(F)c2)n1. The number of thiazole rings is 1. The molecule has 0 aliphatic rings. The number of rotatable bonds is 6. The van der Waals surface area contributed by atoms with Crippen molar-refractivity contribution in [3.63, 3.8) is 0 Å². The summed E-state index contributed by atoms with van der Waals surface area (Å²) in [6.45, 7) is 1.90. The highest BCUT2D eigenvalue weighted by molar-refractivity contribution is 7.13. The first-order chi connectivity index (χ1) is 12.5. The molecular weight excluding hydrogens is 380 g/mol. The number of hydrazone groups is 1. The number of hydrogen-bond acceptors (Lipinski definition) is 5. The van der Waals surface area contributed by atoms with E-state index >= 15 is 0 Å². The first-order valence-corrected chi connectivity index (χ1v) is 8.84. The molecule has 1 heterocycles. The Labute approximate surface area is 158 Å². The molecule has 0 aliphatic heterocycles. The Morgan fingerprint density at radius 1 is 1.23 bits per heavy atom. The lowest BCUT2D eigenvalue weighted by Gasteiger charge is -2.10. The van der Waals surface area contributed by atoms with Crippen molar-refractivity contribution in [2.45, 2.75) is 13.5 Å². The molecule has 0 aliphatic carbocycles. The van der Waals surface area contributed by atoms with Crippen molar-refractivity contribution in [2.75, 3.05) is 5.43 Å². The summed E-state index contributed by atoms with van der Waals surface area (Å²) in [5, 5.41) is 7.21. The molecule has 1 N–H and O–H groups in total. The molecule has 0 radical (unpaired) electrons. The van der Waals surface area contributed by atoms with Crippen molar-refractivity contribution >= 4 is 34.3 Å². The fourth-order valence-electron chi connectivity index (χ4n) is 2.17. The second kappa shape index (κ2) is 8.25. The zero-order chi connectivity index (χ0) is 18.5. The maximum absolute atomic E-state index is 13.3. The van der Waals surface area contributed by atoms with Crippen LogP contribution in [0.3, 0.4) is 0 Å². The quantitative estimate of drug-likeness (QED) is 0.450. The summed E-state index contributed by atoms with van der Waals surface area (Å²) in [4.78, 5) is 4.24. The second-order valence-electron chi connectivity index (χ2n) is 5.41. The van der Waals surface area contributed by atoms with Gasteiger partial charge in [-0.15, -0.1) is 11.3 Å². The van der Waals surface area contributed by atoms with E-state index in [1.807, 2.05) is 12.3 Å². The summed E-state index contributed by atoms with van der Waals surface area (Å²) < 4.78 is 32.2. The lowest BCUT2D eigenvalue weighted by Crippen LogP contribution is -2.00. The third-order valence-corrected chi connectivity index (χ3v) is 4.37. The Bertz CT molecular complexity index is 926. The van der Waals surface area contributed by atoms with Crippen LogP contribution in [0.15, 0.2) is 46.9 Å². The number of benzene rings is 2. The molecule has 0 spiro atoms. The highest BCUT2D eigenvalue weighted by Gasteiger charge is 2.06. The van der Waals surface area contributed by atoms with Crippen LogP contribution in [-0.4, -0.2) is 11.2 Å². The van der Waals surface area contributed by atoms with Gasteiger partial charge in [0.2, 0.25) is 5.13 Å². The maximum Gasteiger partial charge on any atom is 0.203 e. The average Bonchev–Trinajstić information content (AvgIpc) is 2.98. The third-order valence-electron chi connectivity index (χ3n) is 3.27. The molecule has 0 unspecified atom stereocenters. The molecule has 0 saturated heterocycles. The van der Waals surface area contributed by atoms with Gasteiger partial charge in [-0.1, -0.05) is 11.6 Å². The molecule has 2 aromatic carbocycles. The summed E-state index contributed by atoms with van der Waals surface area (Å²) in [7, 11) is 0. The van der Waals surface area contributed by atoms with Crippen LogP contribution < -0.4 is 10.2 Å². The number of hydrogen-bond donors (Lipinski definition) is 1. The summed E-state index contributed by atoms with van der Waals surface area (Å²) in [6.07, 6.45) is 1.55. The molecule has 3 rings (SSSR count). The van der Waals surface area contributed by atoms with Crippen LogP contribution in [0, 0.1) is 18.6 Å². The largest absolute Gasteiger partial charge is 0.488 e. The molecule has 26 heavy (non-hydrogen) atoms. The van der Waals surface area contributed by atoms with Gasteiger partial charge in [0.15, 0.2) is 0 Å². The summed E-state index contributed by atoms with van der Waals surface area (Å²) >= 11 is 7.47. The van der Waals surface area contributed by atoms with E-state index in [1.165, 1.54) is 23.5 Å². The monoisotopic (exact) mass is 393 g/mol. The molecular formula is C18H14ClF2N3OS. The highest BCUT2D eigenvalue weighted by atomic mass is 35.5. The number of aromatic nitrogens is 1. The van der Waals surface area contributed by atoms with Crippen molar-refractivity contribution in [1.82, 2.24) is 4.98 Å². The van der Waals surface area contributed by atoms with Gasteiger partial charge in [-0.3, -0.25) is 5.43 Å². The summed E-state index contributed by atoms with van der Waals surface area (Å²) in [6, 6.07) is 8.28. The minimum Gasteiger partial charge on any atom is -0.488 e. The minimum atomic E-state index is -0.649. The Balaban J connectivity index is 1.72. The Morgan fingerprint density at radius 2 is 2.00 bits per heavy atom. The van der Waals surface area contributed by atoms with E-state index in [4.69, 9.17) is 16.3 Å². The van der Waals surface area contributed by atoms with Crippen molar-refractivity contribution in [3.8, 4) is 5.75 Å². The van der Waals surface area contributed by atoms with Crippen LogP contribution in [0.1, 0.15) is 16.8 Å². The van der Waals surface area contributed by atoms with Crippen molar-refractivity contribution < 1.29 is 13.5 Å². The fourth-order valence-corrected chi connectivity index (χ4v) is 2.99. The van der Waals surface area contributed by atoms with Gasteiger partial charge in [-0.05, 0) is 42.8 Å². The lowest BCUT2D eigenvalue weighted by atomic mass is 10.2. The molecule has 0 amide bonds. The van der Waals surface area contributed by atoms with E-state index in [-0.39, 0.29) is 6.61 Å². The Morgan fingerprint density at radius 3 is 2.69 bits per heavy atom. The molecule has 8 heteroatoms. The van der Waals surface area contributed by atoms with Crippen LogP contribution in [0.5, 0.6) is 5.75 Å². The average molecular weight is 394 g/mol. The number of aryl methyl sites for hydroxylation is 1. The van der Waals surface area contributed by atoms with Gasteiger partial charge in [0, 0.05) is 22.0 Å². The molecule has 0 fully saturated rings. The number of anilines is 1. The van der Waals surface area contributed by atoms with Gasteiger partial charge >= 0.3 is 0 Å². The maximum atomic E-state index is 13.3. The van der Waals surface area contributed by atoms with Crippen LogP contribution in [-0.2, 0) is 6.61 Å². The van der Waals surface area contributed by atoms with Crippen LogP contribution >= 0.6 is 22.9 Å². The zero-order valence-corrected chi connectivity index (χ0v) is 15.2. The first-order valence-electron chi connectivity index (χ1n) is 7.58. The Hall–Kier alpha value is -2.51. The number of nitrogens with zero attached hydrogens (tertiary/aromatic N) is 2. The third kappa shape index (κ3) is 5.00. The van der Waals surface area contributed by atoms with Crippen LogP contribution in [0.2, 0.25) is 5.02 Å². The van der Waals surface area contributed by atoms with E-state index in [1.54, 1.807) is 24.4 Å². The van der Waals surface area contributed by atoms with E-state index < -0.39 is 11.6 Å². The summed E-state index contributed by atoms with van der Waals surface area (Å²) in [5.74, 6) is -0.811. The number of nitrogens with one attached hydrogen (secondary N) is 1. The number of ether oxygens (including phenoxy) is 1. The fraction of sp³-hybridized carbons (Fsp3) is 0.111. The van der Waals surface area contributed by atoms with Gasteiger partial charge in [0.05, 0.1) is 11.9 Å². The first kappa shape index (κ1) is 18.3. The highest BCUT2D eigenvalue weighted by Crippen LogP contribution is 2.23.